The Labute approximate surface area is 190 Å². The summed E-state index contributed by atoms with van der Waals surface area (Å²) in [5.74, 6) is -0.356. The van der Waals surface area contributed by atoms with E-state index in [1.165, 1.54) is 18.2 Å². The van der Waals surface area contributed by atoms with Gasteiger partial charge in [-0.1, -0.05) is 24.3 Å². The van der Waals surface area contributed by atoms with Crippen molar-refractivity contribution in [3.8, 4) is 34.3 Å². The van der Waals surface area contributed by atoms with Gasteiger partial charge in [0.1, 0.15) is 11.5 Å². The fourth-order valence-corrected chi connectivity index (χ4v) is 4.63. The summed E-state index contributed by atoms with van der Waals surface area (Å²) in [6.07, 6.45) is 1.72. The number of nitrogens with zero attached hydrogens (tertiary/aromatic N) is 4. The van der Waals surface area contributed by atoms with Crippen LogP contribution in [0, 0.1) is 12.7 Å². The van der Waals surface area contributed by atoms with Crippen molar-refractivity contribution in [2.24, 2.45) is 0 Å². The highest BCUT2D eigenvalue weighted by Crippen LogP contribution is 2.28. The highest BCUT2D eigenvalue weighted by Gasteiger charge is 2.23. The second-order valence-electron chi connectivity index (χ2n) is 7.47. The number of benzene rings is 2. The van der Waals surface area contributed by atoms with Gasteiger partial charge in [0, 0.05) is 12.2 Å². The standard InChI is InChI=1S/C23H21FN4O4S/c1-14(11-12-29)33(30,31)17-9-7-16(8-10-17)20-13-25-15(2)21(26-20)23-28-27-22(32-23)18-5-3-4-6-19(18)24/h3-10,13-14,29H,11-12H2,1-2H3. The molecule has 10 heteroatoms. The lowest BCUT2D eigenvalue weighted by Gasteiger charge is -2.12. The highest BCUT2D eigenvalue weighted by atomic mass is 32.2. The molecule has 0 fully saturated rings. The van der Waals surface area contributed by atoms with E-state index >= 15 is 0 Å². The minimum atomic E-state index is -3.55. The number of rotatable bonds is 7. The Kier molecular flexibility index (Phi) is 6.30. The third kappa shape index (κ3) is 4.53. The first kappa shape index (κ1) is 22.7. The molecule has 4 aromatic rings. The van der Waals surface area contributed by atoms with Crippen molar-refractivity contribution in [2.45, 2.75) is 30.4 Å². The second kappa shape index (κ2) is 9.16. The Morgan fingerprint density at radius 1 is 1.06 bits per heavy atom. The van der Waals surface area contributed by atoms with Crippen LogP contribution in [0.1, 0.15) is 19.0 Å². The molecule has 8 nitrogen and oxygen atoms in total. The summed E-state index contributed by atoms with van der Waals surface area (Å²) in [5, 5.41) is 16.3. The van der Waals surface area contributed by atoms with Crippen molar-refractivity contribution in [1.82, 2.24) is 20.2 Å². The third-order valence-corrected chi connectivity index (χ3v) is 7.46. The van der Waals surface area contributed by atoms with E-state index in [0.717, 1.165) is 0 Å². The first-order valence-electron chi connectivity index (χ1n) is 10.2. The zero-order valence-electron chi connectivity index (χ0n) is 17.9. The number of halogens is 1. The lowest BCUT2D eigenvalue weighted by atomic mass is 10.1. The van der Waals surface area contributed by atoms with Gasteiger partial charge < -0.3 is 9.52 Å². The zero-order valence-corrected chi connectivity index (χ0v) is 18.8. The Morgan fingerprint density at radius 3 is 2.45 bits per heavy atom. The molecule has 170 valence electrons. The van der Waals surface area contributed by atoms with E-state index in [9.17, 15) is 12.8 Å². The van der Waals surface area contributed by atoms with Crippen molar-refractivity contribution < 1.29 is 22.3 Å². The number of aliphatic hydroxyl groups is 1. The van der Waals surface area contributed by atoms with Gasteiger partial charge in [-0.15, -0.1) is 10.2 Å². The lowest BCUT2D eigenvalue weighted by Crippen LogP contribution is -2.19. The van der Waals surface area contributed by atoms with Gasteiger partial charge in [0.25, 0.3) is 11.8 Å². The van der Waals surface area contributed by atoms with Crippen molar-refractivity contribution in [3.05, 3.63) is 66.2 Å². The maximum absolute atomic E-state index is 14.1. The van der Waals surface area contributed by atoms with Crippen LogP contribution in [0.2, 0.25) is 0 Å². The smallest absolute Gasteiger partial charge is 0.268 e. The molecule has 33 heavy (non-hydrogen) atoms. The van der Waals surface area contributed by atoms with Crippen molar-refractivity contribution >= 4 is 9.84 Å². The first-order chi connectivity index (χ1) is 15.8. The normalized spacial score (nSPS) is 12.6. The molecule has 0 saturated carbocycles. The van der Waals surface area contributed by atoms with Gasteiger partial charge in [-0.2, -0.15) is 0 Å². The van der Waals surface area contributed by atoms with Crippen LogP contribution in [0.4, 0.5) is 4.39 Å². The number of aliphatic hydroxyl groups excluding tert-OH is 1. The van der Waals surface area contributed by atoms with Crippen LogP contribution in [-0.4, -0.2) is 45.5 Å². The molecule has 1 atom stereocenters. The number of hydrogen-bond donors (Lipinski definition) is 1. The van der Waals surface area contributed by atoms with Gasteiger partial charge in [0.05, 0.1) is 33.3 Å². The molecule has 2 aromatic carbocycles. The minimum Gasteiger partial charge on any atom is -0.414 e. The topological polar surface area (TPSA) is 119 Å². The van der Waals surface area contributed by atoms with E-state index in [1.54, 1.807) is 50.4 Å². The van der Waals surface area contributed by atoms with E-state index in [2.05, 4.69) is 20.2 Å². The average Bonchev–Trinajstić information content (AvgIpc) is 3.30. The molecule has 0 amide bonds. The molecule has 1 unspecified atom stereocenters. The fraction of sp³-hybridized carbons (Fsp3) is 0.217. The Balaban J connectivity index is 1.66. The average molecular weight is 469 g/mol. The molecule has 4 rings (SSSR count). The quantitative estimate of drug-likeness (QED) is 0.434. The first-order valence-corrected chi connectivity index (χ1v) is 11.7. The summed E-state index contributed by atoms with van der Waals surface area (Å²) >= 11 is 0. The predicted octanol–water partition coefficient (Wildman–Crippen LogP) is 3.85. The van der Waals surface area contributed by atoms with Crippen LogP contribution in [0.25, 0.3) is 34.3 Å². The molecule has 0 radical (unpaired) electrons. The van der Waals surface area contributed by atoms with Crippen LogP contribution in [-0.2, 0) is 9.84 Å². The predicted molar refractivity (Wildman–Crippen MR) is 119 cm³/mol. The maximum atomic E-state index is 14.1. The van der Waals surface area contributed by atoms with Crippen molar-refractivity contribution in [1.29, 1.82) is 0 Å². The molecular weight excluding hydrogens is 447 g/mol. The summed E-state index contributed by atoms with van der Waals surface area (Å²) in [5.41, 5.74) is 2.19. The van der Waals surface area contributed by atoms with Crippen LogP contribution < -0.4 is 0 Å². The van der Waals surface area contributed by atoms with Crippen LogP contribution >= 0.6 is 0 Å². The zero-order chi connectivity index (χ0) is 23.6. The van der Waals surface area contributed by atoms with Crippen molar-refractivity contribution in [3.63, 3.8) is 0 Å². The summed E-state index contributed by atoms with van der Waals surface area (Å²) < 4.78 is 44.9. The Bertz CT molecular complexity index is 1390. The summed E-state index contributed by atoms with van der Waals surface area (Å²) in [6.45, 7) is 3.10. The van der Waals surface area contributed by atoms with E-state index in [1.807, 2.05) is 0 Å². The largest absolute Gasteiger partial charge is 0.414 e. The van der Waals surface area contributed by atoms with Crippen LogP contribution in [0.15, 0.2) is 64.0 Å². The van der Waals surface area contributed by atoms with E-state index in [0.29, 0.717) is 22.6 Å². The molecule has 0 saturated heterocycles. The Morgan fingerprint density at radius 2 is 1.76 bits per heavy atom. The second-order valence-corrected chi connectivity index (χ2v) is 9.84. The van der Waals surface area contributed by atoms with E-state index in [4.69, 9.17) is 9.52 Å². The van der Waals surface area contributed by atoms with Gasteiger partial charge in [-0.3, -0.25) is 4.98 Å². The third-order valence-electron chi connectivity index (χ3n) is 5.23. The molecule has 0 bridgehead atoms. The number of aryl methyl sites for hydroxylation is 1. The van der Waals surface area contributed by atoms with Crippen LogP contribution in [0.5, 0.6) is 0 Å². The molecule has 2 heterocycles. The molecule has 0 aliphatic carbocycles. The van der Waals surface area contributed by atoms with Crippen LogP contribution in [0.3, 0.4) is 0 Å². The van der Waals surface area contributed by atoms with Gasteiger partial charge in [0.2, 0.25) is 0 Å². The van der Waals surface area contributed by atoms with E-state index < -0.39 is 20.9 Å². The van der Waals surface area contributed by atoms with Gasteiger partial charge in [-0.05, 0) is 44.5 Å². The van der Waals surface area contributed by atoms with Crippen molar-refractivity contribution in [2.75, 3.05) is 6.61 Å². The molecule has 1 N–H and O–H groups in total. The molecule has 0 aliphatic rings. The molecule has 0 spiro atoms. The molecule has 2 aromatic heterocycles. The fourth-order valence-electron chi connectivity index (χ4n) is 3.24. The molecule has 0 aliphatic heterocycles. The van der Waals surface area contributed by atoms with Gasteiger partial charge in [0.15, 0.2) is 9.84 Å². The number of sulfone groups is 1. The van der Waals surface area contributed by atoms with Gasteiger partial charge in [-0.25, -0.2) is 17.8 Å². The molecular formula is C23H21FN4O4S. The van der Waals surface area contributed by atoms with E-state index in [-0.39, 0.29) is 35.3 Å². The lowest BCUT2D eigenvalue weighted by molar-refractivity contribution is 0.287. The summed E-state index contributed by atoms with van der Waals surface area (Å²) in [7, 11) is -3.55. The summed E-state index contributed by atoms with van der Waals surface area (Å²) in [6, 6.07) is 12.4. The Hall–Kier alpha value is -3.50. The van der Waals surface area contributed by atoms with Gasteiger partial charge >= 0.3 is 0 Å². The SMILES string of the molecule is Cc1ncc(-c2ccc(S(=O)(=O)C(C)CCO)cc2)nc1-c1nnc(-c2ccccc2F)o1. The summed E-state index contributed by atoms with van der Waals surface area (Å²) in [4.78, 5) is 9.07. The number of hydrogen-bond acceptors (Lipinski definition) is 8. The maximum Gasteiger partial charge on any atom is 0.268 e. The number of aromatic nitrogens is 4. The monoisotopic (exact) mass is 468 g/mol. The highest BCUT2D eigenvalue weighted by molar-refractivity contribution is 7.92. The minimum absolute atomic E-state index is 0.0289.